The van der Waals surface area contributed by atoms with Crippen molar-refractivity contribution in [3.05, 3.63) is 79.5 Å². The van der Waals surface area contributed by atoms with Gasteiger partial charge < -0.3 is 10.3 Å². The van der Waals surface area contributed by atoms with Crippen LogP contribution in [0.5, 0.6) is 0 Å². The number of nitrogens with one attached hydrogen (secondary N) is 2. The summed E-state index contributed by atoms with van der Waals surface area (Å²) in [5.74, 6) is -0.266. The lowest BCUT2D eigenvalue weighted by atomic mass is 10.1. The number of pyridine rings is 1. The first kappa shape index (κ1) is 16.7. The van der Waals surface area contributed by atoms with E-state index in [9.17, 15) is 9.59 Å². The maximum atomic E-state index is 12.5. The first-order chi connectivity index (χ1) is 11.5. The van der Waals surface area contributed by atoms with E-state index >= 15 is 0 Å². The summed E-state index contributed by atoms with van der Waals surface area (Å²) < 4.78 is 0.845. The van der Waals surface area contributed by atoms with E-state index in [0.29, 0.717) is 34.5 Å². The van der Waals surface area contributed by atoms with Crippen LogP contribution in [0.1, 0.15) is 15.9 Å². The number of hydrogen-bond donors (Lipinski definition) is 2. The van der Waals surface area contributed by atoms with Gasteiger partial charge in [0.05, 0.1) is 5.56 Å². The molecule has 0 fully saturated rings. The lowest BCUT2D eigenvalue weighted by Gasteiger charge is -2.08. The van der Waals surface area contributed by atoms with Crippen LogP contribution in [-0.4, -0.2) is 17.4 Å². The summed E-state index contributed by atoms with van der Waals surface area (Å²) in [6.07, 6.45) is 0.688. The third-order valence-electron chi connectivity index (χ3n) is 3.66. The van der Waals surface area contributed by atoms with E-state index in [0.717, 1.165) is 10.0 Å². The molecule has 2 aromatic carbocycles. The molecule has 0 aliphatic rings. The van der Waals surface area contributed by atoms with Crippen molar-refractivity contribution in [1.29, 1.82) is 0 Å². The summed E-state index contributed by atoms with van der Waals surface area (Å²) in [6, 6.07) is 14.2. The van der Waals surface area contributed by atoms with Gasteiger partial charge in [-0.1, -0.05) is 39.7 Å². The molecule has 0 atom stereocenters. The zero-order chi connectivity index (χ0) is 17.1. The van der Waals surface area contributed by atoms with Crippen LogP contribution in [0.3, 0.4) is 0 Å². The quantitative estimate of drug-likeness (QED) is 0.691. The Bertz CT molecular complexity index is 951. The fraction of sp³-hybridized carbons (Fsp3) is 0.111. The zero-order valence-corrected chi connectivity index (χ0v) is 14.9. The Morgan fingerprint density at radius 1 is 1.12 bits per heavy atom. The SMILES string of the molecule is O=C(NCCc1ccc(Cl)cc1)c1cc(=O)[nH]c2ccc(Br)cc12. The largest absolute Gasteiger partial charge is 0.352 e. The Kier molecular flexibility index (Phi) is 5.02. The molecule has 3 rings (SSSR count). The third-order valence-corrected chi connectivity index (χ3v) is 4.41. The molecule has 24 heavy (non-hydrogen) atoms. The van der Waals surface area contributed by atoms with Gasteiger partial charge in [0.25, 0.3) is 5.91 Å². The van der Waals surface area contributed by atoms with Gasteiger partial charge in [-0.25, -0.2) is 0 Å². The maximum absolute atomic E-state index is 12.5. The van der Waals surface area contributed by atoms with Gasteiger partial charge in [-0.3, -0.25) is 9.59 Å². The maximum Gasteiger partial charge on any atom is 0.252 e. The standard InChI is InChI=1S/C18H14BrClN2O2/c19-12-3-6-16-14(9-12)15(10-17(23)22-16)18(24)21-8-7-11-1-4-13(20)5-2-11/h1-6,9-10H,7-8H2,(H,21,24)(H,22,23). The topological polar surface area (TPSA) is 62.0 Å². The van der Waals surface area contributed by atoms with Gasteiger partial charge in [0.1, 0.15) is 0 Å². The van der Waals surface area contributed by atoms with Gasteiger partial charge in [-0.15, -0.1) is 0 Å². The Balaban J connectivity index is 1.77. The minimum Gasteiger partial charge on any atom is -0.352 e. The summed E-state index contributed by atoms with van der Waals surface area (Å²) in [6.45, 7) is 0.475. The van der Waals surface area contributed by atoms with Gasteiger partial charge in [0, 0.05) is 33.0 Å². The van der Waals surface area contributed by atoms with Crippen LogP contribution < -0.4 is 10.9 Å². The smallest absolute Gasteiger partial charge is 0.252 e. The number of fused-ring (bicyclic) bond motifs is 1. The number of hydrogen-bond acceptors (Lipinski definition) is 2. The minimum absolute atomic E-state index is 0.266. The van der Waals surface area contributed by atoms with Crippen LogP contribution >= 0.6 is 27.5 Å². The average molecular weight is 406 g/mol. The van der Waals surface area contributed by atoms with Crippen molar-refractivity contribution in [3.63, 3.8) is 0 Å². The zero-order valence-electron chi connectivity index (χ0n) is 12.6. The van der Waals surface area contributed by atoms with Crippen molar-refractivity contribution in [2.75, 3.05) is 6.54 Å². The van der Waals surface area contributed by atoms with E-state index < -0.39 is 0 Å². The number of amides is 1. The van der Waals surface area contributed by atoms with Crippen molar-refractivity contribution in [1.82, 2.24) is 10.3 Å². The van der Waals surface area contributed by atoms with E-state index in [1.54, 1.807) is 6.07 Å². The predicted molar refractivity (Wildman–Crippen MR) is 99.8 cm³/mol. The van der Waals surface area contributed by atoms with Crippen molar-refractivity contribution >= 4 is 44.3 Å². The molecule has 0 radical (unpaired) electrons. The molecule has 1 amide bonds. The summed E-state index contributed by atoms with van der Waals surface area (Å²) >= 11 is 9.24. The number of rotatable bonds is 4. The predicted octanol–water partition coefficient (Wildman–Crippen LogP) is 3.92. The number of aromatic nitrogens is 1. The van der Waals surface area contributed by atoms with Gasteiger partial charge in [0.2, 0.25) is 5.56 Å². The number of carbonyl (C=O) groups is 1. The summed E-state index contributed by atoms with van der Waals surface area (Å²) in [7, 11) is 0. The van der Waals surface area contributed by atoms with E-state index in [1.165, 1.54) is 6.07 Å². The molecule has 122 valence electrons. The number of benzene rings is 2. The average Bonchev–Trinajstić information content (AvgIpc) is 2.56. The Labute approximate surface area is 152 Å². The number of carbonyl (C=O) groups excluding carboxylic acids is 1. The second-order valence-corrected chi connectivity index (χ2v) is 6.72. The Morgan fingerprint density at radius 3 is 2.62 bits per heavy atom. The Morgan fingerprint density at radius 2 is 1.88 bits per heavy atom. The van der Waals surface area contributed by atoms with Crippen LogP contribution in [0.4, 0.5) is 0 Å². The molecule has 1 aromatic heterocycles. The van der Waals surface area contributed by atoms with Crippen molar-refractivity contribution in [2.24, 2.45) is 0 Å². The van der Waals surface area contributed by atoms with Crippen molar-refractivity contribution in [3.8, 4) is 0 Å². The highest BCUT2D eigenvalue weighted by molar-refractivity contribution is 9.10. The second-order valence-electron chi connectivity index (χ2n) is 5.37. The summed E-state index contributed by atoms with van der Waals surface area (Å²) in [5.41, 5.74) is 1.78. The fourth-order valence-corrected chi connectivity index (χ4v) is 2.97. The van der Waals surface area contributed by atoms with Crippen LogP contribution in [0.25, 0.3) is 10.9 Å². The highest BCUT2D eigenvalue weighted by Crippen LogP contribution is 2.20. The second kappa shape index (κ2) is 7.20. The molecule has 0 saturated heterocycles. The van der Waals surface area contributed by atoms with E-state index in [4.69, 9.17) is 11.6 Å². The van der Waals surface area contributed by atoms with Crippen LogP contribution in [0.15, 0.2) is 57.8 Å². The molecule has 0 aliphatic carbocycles. The monoisotopic (exact) mass is 404 g/mol. The fourth-order valence-electron chi connectivity index (χ4n) is 2.48. The van der Waals surface area contributed by atoms with E-state index in [2.05, 4.69) is 26.2 Å². The highest BCUT2D eigenvalue weighted by atomic mass is 79.9. The number of halogens is 2. The van der Waals surface area contributed by atoms with Gasteiger partial charge >= 0.3 is 0 Å². The van der Waals surface area contributed by atoms with Crippen molar-refractivity contribution in [2.45, 2.75) is 6.42 Å². The van der Waals surface area contributed by atoms with E-state index in [1.807, 2.05) is 36.4 Å². The molecule has 0 saturated carbocycles. The Hall–Kier alpha value is -2.11. The molecule has 0 bridgehead atoms. The normalized spacial score (nSPS) is 10.8. The molecular formula is C18H14BrClN2O2. The van der Waals surface area contributed by atoms with Gasteiger partial charge in [-0.05, 0) is 42.3 Å². The molecule has 3 aromatic rings. The van der Waals surface area contributed by atoms with Gasteiger partial charge in [0.15, 0.2) is 0 Å². The van der Waals surface area contributed by atoms with Crippen LogP contribution in [0.2, 0.25) is 5.02 Å². The lowest BCUT2D eigenvalue weighted by Crippen LogP contribution is -2.27. The van der Waals surface area contributed by atoms with Crippen molar-refractivity contribution < 1.29 is 4.79 Å². The summed E-state index contributed by atoms with van der Waals surface area (Å²) in [4.78, 5) is 27.0. The third kappa shape index (κ3) is 3.86. The van der Waals surface area contributed by atoms with Crippen LogP contribution in [-0.2, 0) is 6.42 Å². The lowest BCUT2D eigenvalue weighted by molar-refractivity contribution is 0.0955. The minimum atomic E-state index is -0.298. The number of aromatic amines is 1. The molecule has 0 unspecified atom stereocenters. The molecular weight excluding hydrogens is 392 g/mol. The first-order valence-corrected chi connectivity index (χ1v) is 8.55. The molecule has 6 heteroatoms. The summed E-state index contributed by atoms with van der Waals surface area (Å²) in [5, 5.41) is 4.25. The molecule has 1 heterocycles. The molecule has 2 N–H and O–H groups in total. The first-order valence-electron chi connectivity index (χ1n) is 7.38. The van der Waals surface area contributed by atoms with Crippen LogP contribution in [0, 0.1) is 0 Å². The van der Waals surface area contributed by atoms with E-state index in [-0.39, 0.29) is 11.5 Å². The highest BCUT2D eigenvalue weighted by Gasteiger charge is 2.12. The molecule has 4 nitrogen and oxygen atoms in total. The van der Waals surface area contributed by atoms with Gasteiger partial charge in [-0.2, -0.15) is 0 Å². The molecule has 0 spiro atoms. The molecule has 0 aliphatic heterocycles. The number of H-pyrrole nitrogens is 1.